The molecule has 16 heavy (non-hydrogen) atoms. The second-order valence-electron chi connectivity index (χ2n) is 4.89. The third kappa shape index (κ3) is 4.09. The number of rotatable bonds is 2. The molecule has 0 aliphatic carbocycles. The number of hydrogen-bond acceptors (Lipinski definition) is 2. The molecule has 0 heterocycles. The lowest BCUT2D eigenvalue weighted by atomic mass is 10.1. The van der Waals surface area contributed by atoms with Crippen LogP contribution in [0.2, 0.25) is 19.6 Å². The van der Waals surface area contributed by atoms with Gasteiger partial charge in [0, 0.05) is 17.9 Å². The second-order valence-corrected chi connectivity index (χ2v) is 9.64. The highest BCUT2D eigenvalue weighted by molar-refractivity contribution is 6.83. The summed E-state index contributed by atoms with van der Waals surface area (Å²) in [6.07, 6.45) is 0.605. The van der Waals surface area contributed by atoms with Crippen LogP contribution in [0, 0.1) is 11.5 Å². The molecule has 3 heteroatoms. The van der Waals surface area contributed by atoms with Gasteiger partial charge < -0.3 is 10.8 Å². The van der Waals surface area contributed by atoms with E-state index in [0.717, 1.165) is 16.8 Å². The van der Waals surface area contributed by atoms with Crippen molar-refractivity contribution in [2.45, 2.75) is 26.1 Å². The number of nitrogen functional groups attached to an aromatic ring is 1. The summed E-state index contributed by atoms with van der Waals surface area (Å²) < 4.78 is 0. The zero-order valence-electron chi connectivity index (χ0n) is 10.2. The van der Waals surface area contributed by atoms with Crippen LogP contribution in [0.25, 0.3) is 0 Å². The maximum atomic E-state index is 8.85. The number of aliphatic hydroxyl groups excluding tert-OH is 1. The SMILES string of the molecule is C[Si](C)(C)C#Cc1ccc(CCO)c(N)c1. The van der Waals surface area contributed by atoms with E-state index in [1.165, 1.54) is 0 Å². The fourth-order valence-electron chi connectivity index (χ4n) is 1.28. The van der Waals surface area contributed by atoms with Crippen molar-refractivity contribution >= 4 is 13.8 Å². The summed E-state index contributed by atoms with van der Waals surface area (Å²) in [6, 6.07) is 5.80. The highest BCUT2D eigenvalue weighted by atomic mass is 28.3. The first-order valence-electron chi connectivity index (χ1n) is 5.45. The fourth-order valence-corrected chi connectivity index (χ4v) is 1.80. The van der Waals surface area contributed by atoms with Gasteiger partial charge >= 0.3 is 0 Å². The Kier molecular flexibility index (Phi) is 4.16. The zero-order chi connectivity index (χ0) is 12.2. The average Bonchev–Trinajstić information content (AvgIpc) is 2.18. The molecule has 0 aromatic heterocycles. The first-order valence-corrected chi connectivity index (χ1v) is 8.95. The first-order chi connectivity index (χ1) is 7.42. The van der Waals surface area contributed by atoms with E-state index in [2.05, 4.69) is 31.1 Å². The Morgan fingerprint density at radius 2 is 2.00 bits per heavy atom. The van der Waals surface area contributed by atoms with Gasteiger partial charge in [0.25, 0.3) is 0 Å². The van der Waals surface area contributed by atoms with Gasteiger partial charge in [-0.3, -0.25) is 0 Å². The fraction of sp³-hybridized carbons (Fsp3) is 0.385. The summed E-state index contributed by atoms with van der Waals surface area (Å²) >= 11 is 0. The molecular formula is C13H19NOSi. The quantitative estimate of drug-likeness (QED) is 0.466. The molecule has 0 saturated heterocycles. The van der Waals surface area contributed by atoms with Crippen LogP contribution in [0.3, 0.4) is 0 Å². The summed E-state index contributed by atoms with van der Waals surface area (Å²) in [4.78, 5) is 0. The highest BCUT2D eigenvalue weighted by Gasteiger charge is 2.07. The Hall–Kier alpha value is -1.24. The molecule has 3 N–H and O–H groups in total. The van der Waals surface area contributed by atoms with E-state index in [-0.39, 0.29) is 6.61 Å². The van der Waals surface area contributed by atoms with E-state index in [9.17, 15) is 0 Å². The monoisotopic (exact) mass is 233 g/mol. The van der Waals surface area contributed by atoms with Crippen LogP contribution in [0.5, 0.6) is 0 Å². The smallest absolute Gasteiger partial charge is 0.129 e. The molecule has 0 aliphatic heterocycles. The molecule has 0 unspecified atom stereocenters. The minimum atomic E-state index is -1.33. The van der Waals surface area contributed by atoms with Gasteiger partial charge in [0.1, 0.15) is 8.07 Å². The van der Waals surface area contributed by atoms with Crippen molar-refractivity contribution in [3.8, 4) is 11.5 Å². The summed E-state index contributed by atoms with van der Waals surface area (Å²) in [7, 11) is -1.33. The van der Waals surface area contributed by atoms with Gasteiger partial charge in [0.15, 0.2) is 0 Å². The Bertz CT molecular complexity index is 424. The standard InChI is InChI=1S/C13H19NOSi/c1-16(2,3)9-7-11-4-5-12(6-8-15)13(14)10-11/h4-5,10,15H,6,8,14H2,1-3H3. The minimum absolute atomic E-state index is 0.129. The van der Waals surface area contributed by atoms with Crippen LogP contribution in [0.15, 0.2) is 18.2 Å². The molecule has 2 nitrogen and oxygen atoms in total. The van der Waals surface area contributed by atoms with Gasteiger partial charge in [-0.05, 0) is 24.1 Å². The van der Waals surface area contributed by atoms with Crippen LogP contribution in [-0.4, -0.2) is 19.8 Å². The lowest BCUT2D eigenvalue weighted by molar-refractivity contribution is 0.300. The molecule has 0 saturated carbocycles. The minimum Gasteiger partial charge on any atom is -0.398 e. The second kappa shape index (κ2) is 5.20. The van der Waals surface area contributed by atoms with Crippen LogP contribution >= 0.6 is 0 Å². The maximum Gasteiger partial charge on any atom is 0.129 e. The van der Waals surface area contributed by atoms with E-state index in [0.29, 0.717) is 6.42 Å². The van der Waals surface area contributed by atoms with Crippen LogP contribution in [-0.2, 0) is 6.42 Å². The van der Waals surface area contributed by atoms with E-state index >= 15 is 0 Å². The maximum absolute atomic E-state index is 8.85. The number of aliphatic hydroxyl groups is 1. The molecule has 0 fully saturated rings. The van der Waals surface area contributed by atoms with E-state index in [1.54, 1.807) is 0 Å². The predicted octanol–water partition coefficient (Wildman–Crippen LogP) is 2.03. The summed E-state index contributed by atoms with van der Waals surface area (Å²) in [5.41, 5.74) is 11.8. The predicted molar refractivity (Wildman–Crippen MR) is 71.9 cm³/mol. The molecule has 1 rings (SSSR count). The van der Waals surface area contributed by atoms with E-state index < -0.39 is 8.07 Å². The molecule has 1 aromatic rings. The Labute approximate surface area is 98.5 Å². The van der Waals surface area contributed by atoms with Crippen molar-refractivity contribution in [3.63, 3.8) is 0 Å². The molecule has 0 amide bonds. The molecule has 0 radical (unpaired) electrons. The molecule has 0 spiro atoms. The molecular weight excluding hydrogens is 214 g/mol. The number of hydrogen-bond donors (Lipinski definition) is 2. The lowest BCUT2D eigenvalue weighted by Gasteiger charge is -2.05. The van der Waals surface area contributed by atoms with Crippen LogP contribution < -0.4 is 5.73 Å². The Balaban J connectivity index is 2.92. The van der Waals surface area contributed by atoms with Crippen molar-refractivity contribution in [2.75, 3.05) is 12.3 Å². The largest absolute Gasteiger partial charge is 0.398 e. The summed E-state index contributed by atoms with van der Waals surface area (Å²) in [6.45, 7) is 6.76. The molecule has 1 aromatic carbocycles. The number of benzene rings is 1. The van der Waals surface area contributed by atoms with Crippen molar-refractivity contribution in [1.82, 2.24) is 0 Å². The Morgan fingerprint density at radius 3 is 2.50 bits per heavy atom. The van der Waals surface area contributed by atoms with Crippen molar-refractivity contribution in [1.29, 1.82) is 0 Å². The molecule has 0 aliphatic rings. The third-order valence-corrected chi connectivity index (χ3v) is 2.98. The first kappa shape index (κ1) is 12.8. The normalized spacial score (nSPS) is 10.8. The zero-order valence-corrected chi connectivity index (χ0v) is 11.2. The molecule has 86 valence electrons. The summed E-state index contributed by atoms with van der Waals surface area (Å²) in [5.74, 6) is 3.16. The van der Waals surface area contributed by atoms with Gasteiger partial charge in [0.05, 0.1) is 0 Å². The topological polar surface area (TPSA) is 46.2 Å². The van der Waals surface area contributed by atoms with Gasteiger partial charge in [-0.15, -0.1) is 5.54 Å². The van der Waals surface area contributed by atoms with Gasteiger partial charge in [-0.2, -0.15) is 0 Å². The van der Waals surface area contributed by atoms with Crippen molar-refractivity contribution < 1.29 is 5.11 Å². The van der Waals surface area contributed by atoms with Crippen molar-refractivity contribution in [3.05, 3.63) is 29.3 Å². The lowest BCUT2D eigenvalue weighted by Crippen LogP contribution is -2.16. The average molecular weight is 233 g/mol. The summed E-state index contributed by atoms with van der Waals surface area (Å²) in [5, 5.41) is 8.85. The Morgan fingerprint density at radius 1 is 1.31 bits per heavy atom. The van der Waals surface area contributed by atoms with E-state index in [1.807, 2.05) is 18.2 Å². The third-order valence-electron chi connectivity index (χ3n) is 2.11. The van der Waals surface area contributed by atoms with Crippen LogP contribution in [0.1, 0.15) is 11.1 Å². The molecule has 0 bridgehead atoms. The number of nitrogens with two attached hydrogens (primary N) is 1. The van der Waals surface area contributed by atoms with Crippen LogP contribution in [0.4, 0.5) is 5.69 Å². The van der Waals surface area contributed by atoms with Gasteiger partial charge in [-0.25, -0.2) is 0 Å². The highest BCUT2D eigenvalue weighted by Crippen LogP contribution is 2.14. The molecule has 0 atom stereocenters. The van der Waals surface area contributed by atoms with Crippen molar-refractivity contribution in [2.24, 2.45) is 0 Å². The number of anilines is 1. The van der Waals surface area contributed by atoms with Gasteiger partial charge in [-0.1, -0.05) is 31.6 Å². The van der Waals surface area contributed by atoms with E-state index in [4.69, 9.17) is 10.8 Å². The van der Waals surface area contributed by atoms with Gasteiger partial charge in [0.2, 0.25) is 0 Å².